The number of fused-ring (bicyclic) bond motifs is 1. The molecule has 0 aliphatic heterocycles. The van der Waals surface area contributed by atoms with E-state index in [2.05, 4.69) is 20.5 Å². The van der Waals surface area contributed by atoms with Crippen molar-refractivity contribution in [3.8, 4) is 0 Å². The normalized spacial score (nSPS) is 12.3. The molecule has 0 saturated heterocycles. The third kappa shape index (κ3) is 2.57. The highest BCUT2D eigenvalue weighted by Gasteiger charge is 2.18. The molecule has 1 N–H and O–H groups in total. The molecule has 3 aromatic rings. The third-order valence-corrected chi connectivity index (χ3v) is 3.38. The lowest BCUT2D eigenvalue weighted by molar-refractivity contribution is 0.0938. The maximum absolute atomic E-state index is 12.2. The van der Waals surface area contributed by atoms with Crippen molar-refractivity contribution < 1.29 is 4.79 Å². The number of pyridine rings is 2. The van der Waals surface area contributed by atoms with Gasteiger partial charge in [0.2, 0.25) is 0 Å². The molecular weight excluding hydrogens is 290 g/mol. The second-order valence-electron chi connectivity index (χ2n) is 4.52. The fourth-order valence-corrected chi connectivity index (χ4v) is 2.25. The van der Waals surface area contributed by atoms with Gasteiger partial charge in [-0.3, -0.25) is 9.20 Å². The van der Waals surface area contributed by atoms with Crippen LogP contribution >= 0.6 is 11.6 Å². The highest BCUT2D eigenvalue weighted by molar-refractivity contribution is 6.32. The molecule has 21 heavy (non-hydrogen) atoms. The summed E-state index contributed by atoms with van der Waals surface area (Å²) in [6, 6.07) is 8.59. The predicted octanol–water partition coefficient (Wildman–Crippen LogP) is 2.27. The highest BCUT2D eigenvalue weighted by atomic mass is 35.5. The van der Waals surface area contributed by atoms with Crippen LogP contribution in [0.3, 0.4) is 0 Å². The van der Waals surface area contributed by atoms with Crippen molar-refractivity contribution in [3.05, 3.63) is 59.3 Å². The van der Waals surface area contributed by atoms with Crippen molar-refractivity contribution in [1.82, 2.24) is 24.9 Å². The number of carbonyl (C=O) groups is 1. The molecular formula is C14H12ClN5O. The van der Waals surface area contributed by atoms with E-state index in [1.165, 1.54) is 6.20 Å². The van der Waals surface area contributed by atoms with Crippen molar-refractivity contribution in [2.75, 3.05) is 0 Å². The van der Waals surface area contributed by atoms with Crippen LogP contribution in [0.2, 0.25) is 5.15 Å². The summed E-state index contributed by atoms with van der Waals surface area (Å²) < 4.78 is 1.83. The summed E-state index contributed by atoms with van der Waals surface area (Å²) in [5.74, 6) is 0.354. The monoisotopic (exact) mass is 301 g/mol. The molecule has 1 atom stereocenters. The first kappa shape index (κ1) is 13.5. The Kier molecular flexibility index (Phi) is 3.53. The molecule has 1 amide bonds. The van der Waals surface area contributed by atoms with E-state index in [0.717, 1.165) is 5.65 Å². The van der Waals surface area contributed by atoms with E-state index < -0.39 is 0 Å². The third-order valence-electron chi connectivity index (χ3n) is 3.08. The maximum Gasteiger partial charge on any atom is 0.254 e. The minimum absolute atomic E-state index is 0.174. The molecule has 1 unspecified atom stereocenters. The summed E-state index contributed by atoms with van der Waals surface area (Å²) in [6.07, 6.45) is 3.39. The number of rotatable bonds is 3. The van der Waals surface area contributed by atoms with Crippen LogP contribution < -0.4 is 5.32 Å². The summed E-state index contributed by atoms with van der Waals surface area (Å²) in [4.78, 5) is 16.1. The summed E-state index contributed by atoms with van der Waals surface area (Å²) >= 11 is 5.92. The quantitative estimate of drug-likeness (QED) is 0.753. The van der Waals surface area contributed by atoms with Crippen molar-refractivity contribution in [2.45, 2.75) is 13.0 Å². The number of carbonyl (C=O) groups excluding carboxylic acids is 1. The summed E-state index contributed by atoms with van der Waals surface area (Å²) in [6.45, 7) is 1.84. The smallest absolute Gasteiger partial charge is 0.254 e. The van der Waals surface area contributed by atoms with Gasteiger partial charge in [-0.25, -0.2) is 4.98 Å². The molecule has 0 radical (unpaired) electrons. The average molecular weight is 302 g/mol. The van der Waals surface area contributed by atoms with E-state index in [-0.39, 0.29) is 17.1 Å². The van der Waals surface area contributed by atoms with Crippen LogP contribution in [0.1, 0.15) is 29.1 Å². The number of halogens is 1. The molecule has 0 aliphatic carbocycles. The first-order chi connectivity index (χ1) is 10.2. The van der Waals surface area contributed by atoms with Gasteiger partial charge in [0, 0.05) is 12.4 Å². The van der Waals surface area contributed by atoms with Crippen molar-refractivity contribution in [2.24, 2.45) is 0 Å². The SMILES string of the molecule is CC(NC(=O)c1cccnc1Cl)c1nnc2ccccn12. The van der Waals surface area contributed by atoms with Gasteiger partial charge in [0.15, 0.2) is 11.5 Å². The number of amides is 1. The van der Waals surface area contributed by atoms with E-state index >= 15 is 0 Å². The maximum atomic E-state index is 12.2. The number of nitrogens with zero attached hydrogens (tertiary/aromatic N) is 4. The van der Waals surface area contributed by atoms with Gasteiger partial charge in [-0.1, -0.05) is 17.7 Å². The topological polar surface area (TPSA) is 72.2 Å². The van der Waals surface area contributed by atoms with Crippen LogP contribution in [0.25, 0.3) is 5.65 Å². The number of hydrogen-bond donors (Lipinski definition) is 1. The Labute approximate surface area is 125 Å². The Morgan fingerprint density at radius 3 is 2.95 bits per heavy atom. The van der Waals surface area contributed by atoms with E-state index in [0.29, 0.717) is 11.4 Å². The average Bonchev–Trinajstić information content (AvgIpc) is 2.91. The van der Waals surface area contributed by atoms with Gasteiger partial charge in [0.05, 0.1) is 11.6 Å². The fourth-order valence-electron chi connectivity index (χ4n) is 2.05. The van der Waals surface area contributed by atoms with E-state index in [4.69, 9.17) is 11.6 Å². The van der Waals surface area contributed by atoms with Gasteiger partial charge in [-0.05, 0) is 31.2 Å². The Hall–Kier alpha value is -2.47. The van der Waals surface area contributed by atoms with E-state index in [1.54, 1.807) is 12.1 Å². The fraction of sp³-hybridized carbons (Fsp3) is 0.143. The first-order valence-corrected chi connectivity index (χ1v) is 6.75. The van der Waals surface area contributed by atoms with Crippen LogP contribution in [-0.4, -0.2) is 25.5 Å². The number of nitrogens with one attached hydrogen (secondary N) is 1. The Morgan fingerprint density at radius 1 is 1.29 bits per heavy atom. The lowest BCUT2D eigenvalue weighted by atomic mass is 10.2. The highest BCUT2D eigenvalue weighted by Crippen LogP contribution is 2.15. The Morgan fingerprint density at radius 2 is 2.14 bits per heavy atom. The second kappa shape index (κ2) is 5.49. The number of aromatic nitrogens is 4. The van der Waals surface area contributed by atoms with Gasteiger partial charge in [0.1, 0.15) is 5.15 Å². The van der Waals surface area contributed by atoms with Crippen LogP contribution in [0.15, 0.2) is 42.7 Å². The van der Waals surface area contributed by atoms with E-state index in [1.807, 2.05) is 35.7 Å². The molecule has 106 valence electrons. The first-order valence-electron chi connectivity index (χ1n) is 6.38. The summed E-state index contributed by atoms with van der Waals surface area (Å²) in [5.41, 5.74) is 1.06. The van der Waals surface area contributed by atoms with Crippen molar-refractivity contribution >= 4 is 23.2 Å². The molecule has 3 heterocycles. The predicted molar refractivity (Wildman–Crippen MR) is 78.1 cm³/mol. The minimum Gasteiger partial charge on any atom is -0.342 e. The molecule has 3 aromatic heterocycles. The standard InChI is InChI=1S/C14H12ClN5O/c1-9(13-19-18-11-6-2-3-8-20(11)13)17-14(21)10-5-4-7-16-12(10)15/h2-9H,1H3,(H,17,21). The molecule has 0 spiro atoms. The molecule has 0 bridgehead atoms. The Bertz CT molecular complexity index is 801. The van der Waals surface area contributed by atoms with Gasteiger partial charge >= 0.3 is 0 Å². The van der Waals surface area contributed by atoms with Crippen LogP contribution in [0, 0.1) is 0 Å². The lowest BCUT2D eigenvalue weighted by Gasteiger charge is -2.12. The molecule has 3 rings (SSSR count). The van der Waals surface area contributed by atoms with Crippen molar-refractivity contribution in [3.63, 3.8) is 0 Å². The van der Waals surface area contributed by atoms with Crippen LogP contribution in [0.4, 0.5) is 0 Å². The zero-order valence-corrected chi connectivity index (χ0v) is 11.9. The molecule has 0 fully saturated rings. The van der Waals surface area contributed by atoms with E-state index in [9.17, 15) is 4.79 Å². The summed E-state index contributed by atoms with van der Waals surface area (Å²) in [5, 5.41) is 11.2. The van der Waals surface area contributed by atoms with Gasteiger partial charge in [0.25, 0.3) is 5.91 Å². The van der Waals surface area contributed by atoms with Crippen molar-refractivity contribution in [1.29, 1.82) is 0 Å². The minimum atomic E-state index is -0.314. The van der Waals surface area contributed by atoms with Gasteiger partial charge in [-0.15, -0.1) is 10.2 Å². The molecule has 7 heteroatoms. The zero-order chi connectivity index (χ0) is 14.8. The van der Waals surface area contributed by atoms with Gasteiger partial charge in [-0.2, -0.15) is 0 Å². The lowest BCUT2D eigenvalue weighted by Crippen LogP contribution is -2.28. The van der Waals surface area contributed by atoms with Gasteiger partial charge < -0.3 is 5.32 Å². The van der Waals surface area contributed by atoms with Crippen LogP contribution in [0.5, 0.6) is 0 Å². The van der Waals surface area contributed by atoms with Crippen LogP contribution in [-0.2, 0) is 0 Å². The molecule has 6 nitrogen and oxygen atoms in total. The summed E-state index contributed by atoms with van der Waals surface area (Å²) in [7, 11) is 0. The molecule has 0 aliphatic rings. The molecule has 0 aromatic carbocycles. The largest absolute Gasteiger partial charge is 0.342 e. The Balaban J connectivity index is 1.85. The second-order valence-corrected chi connectivity index (χ2v) is 4.88. The zero-order valence-electron chi connectivity index (χ0n) is 11.2. The number of hydrogen-bond acceptors (Lipinski definition) is 4. The molecule has 0 saturated carbocycles.